The SMILES string of the molecule is CC1=C(C(=O)OCc2ccccc2)C(c2ccc(Cl)cc2)N2C(CC(=O)NCC3CC3)=CSC2=N1. The summed E-state index contributed by atoms with van der Waals surface area (Å²) in [7, 11) is 0. The fraction of sp³-hybridized carbons (Fsp3) is 0.296. The number of amides is 1. The summed E-state index contributed by atoms with van der Waals surface area (Å²) in [5, 5.41) is 6.33. The van der Waals surface area contributed by atoms with Gasteiger partial charge in [0.2, 0.25) is 5.91 Å². The Kier molecular flexibility index (Phi) is 6.97. The van der Waals surface area contributed by atoms with Crippen molar-refractivity contribution in [1.29, 1.82) is 0 Å². The number of carbonyl (C=O) groups is 2. The first-order valence-electron chi connectivity index (χ1n) is 11.7. The summed E-state index contributed by atoms with van der Waals surface area (Å²) >= 11 is 7.62. The maximum atomic E-state index is 13.4. The molecule has 180 valence electrons. The average Bonchev–Trinajstić information content (AvgIpc) is 3.62. The summed E-state index contributed by atoms with van der Waals surface area (Å²) in [5.74, 6) is 0.152. The van der Waals surface area contributed by atoms with E-state index in [9.17, 15) is 9.59 Å². The van der Waals surface area contributed by atoms with Crippen molar-refractivity contribution >= 4 is 40.4 Å². The molecule has 0 radical (unpaired) electrons. The second kappa shape index (κ2) is 10.3. The second-order valence-corrected chi connectivity index (χ2v) is 10.2. The van der Waals surface area contributed by atoms with Gasteiger partial charge in [-0.15, -0.1) is 0 Å². The zero-order chi connectivity index (χ0) is 24.4. The minimum absolute atomic E-state index is 0.0284. The number of hydrogen-bond donors (Lipinski definition) is 1. The van der Waals surface area contributed by atoms with Crippen LogP contribution < -0.4 is 5.32 Å². The van der Waals surface area contributed by atoms with Crippen LogP contribution in [0.1, 0.15) is 43.4 Å². The van der Waals surface area contributed by atoms with Crippen LogP contribution in [-0.4, -0.2) is 28.5 Å². The Labute approximate surface area is 214 Å². The van der Waals surface area contributed by atoms with Gasteiger partial charge in [-0.25, -0.2) is 9.79 Å². The number of nitrogens with zero attached hydrogens (tertiary/aromatic N) is 2. The Morgan fingerprint density at radius 1 is 1.14 bits per heavy atom. The van der Waals surface area contributed by atoms with E-state index in [-0.39, 0.29) is 18.9 Å². The number of nitrogens with one attached hydrogen (secondary N) is 1. The van der Waals surface area contributed by atoms with E-state index in [1.54, 1.807) is 12.1 Å². The number of halogens is 1. The van der Waals surface area contributed by atoms with Crippen molar-refractivity contribution in [1.82, 2.24) is 10.2 Å². The first-order chi connectivity index (χ1) is 17.0. The van der Waals surface area contributed by atoms with Crippen molar-refractivity contribution in [2.75, 3.05) is 6.54 Å². The molecule has 1 saturated carbocycles. The molecule has 2 aliphatic heterocycles. The molecule has 1 aliphatic carbocycles. The molecule has 0 spiro atoms. The summed E-state index contributed by atoms with van der Waals surface area (Å²) in [6, 6.07) is 16.5. The number of carbonyl (C=O) groups excluding carboxylic acids is 2. The van der Waals surface area contributed by atoms with Gasteiger partial charge in [0.25, 0.3) is 0 Å². The number of esters is 1. The van der Waals surface area contributed by atoms with Gasteiger partial charge in [0.15, 0.2) is 5.17 Å². The highest BCUT2D eigenvalue weighted by atomic mass is 35.5. The number of benzene rings is 2. The molecule has 1 unspecified atom stereocenters. The third-order valence-electron chi connectivity index (χ3n) is 6.25. The maximum absolute atomic E-state index is 13.4. The van der Waals surface area contributed by atoms with Gasteiger partial charge in [-0.3, -0.25) is 4.79 Å². The molecule has 35 heavy (non-hydrogen) atoms. The summed E-state index contributed by atoms with van der Waals surface area (Å²) in [5.41, 5.74) is 3.66. The Morgan fingerprint density at radius 2 is 1.89 bits per heavy atom. The van der Waals surface area contributed by atoms with E-state index in [0.29, 0.717) is 22.2 Å². The van der Waals surface area contributed by atoms with Gasteiger partial charge in [0.05, 0.1) is 23.7 Å². The Bertz CT molecular complexity index is 1220. The number of hydrogen-bond acceptors (Lipinski definition) is 6. The molecular weight excluding hydrogens is 482 g/mol. The topological polar surface area (TPSA) is 71.0 Å². The molecule has 0 saturated heterocycles. The van der Waals surface area contributed by atoms with Crippen molar-refractivity contribution in [3.05, 3.63) is 93.1 Å². The number of fused-ring (bicyclic) bond motifs is 1. The van der Waals surface area contributed by atoms with Gasteiger partial charge in [-0.2, -0.15) is 0 Å². The average molecular weight is 508 g/mol. The lowest BCUT2D eigenvalue weighted by molar-refractivity contribution is -0.141. The third-order valence-corrected chi connectivity index (χ3v) is 7.39. The molecule has 8 heteroatoms. The van der Waals surface area contributed by atoms with E-state index in [4.69, 9.17) is 21.3 Å². The lowest BCUT2D eigenvalue weighted by Gasteiger charge is -2.36. The lowest BCUT2D eigenvalue weighted by Crippen LogP contribution is -2.38. The van der Waals surface area contributed by atoms with Crippen molar-refractivity contribution in [2.24, 2.45) is 10.9 Å². The summed E-state index contributed by atoms with van der Waals surface area (Å²) in [4.78, 5) is 32.8. The van der Waals surface area contributed by atoms with Crippen LogP contribution in [0.3, 0.4) is 0 Å². The monoisotopic (exact) mass is 507 g/mol. The number of allylic oxidation sites excluding steroid dienone is 1. The number of ether oxygens (including phenoxy) is 1. The predicted molar refractivity (Wildman–Crippen MR) is 138 cm³/mol. The van der Waals surface area contributed by atoms with Gasteiger partial charge in [0.1, 0.15) is 6.61 Å². The number of rotatable bonds is 8. The molecule has 2 aromatic carbocycles. The van der Waals surface area contributed by atoms with Gasteiger partial charge in [-0.1, -0.05) is 65.8 Å². The van der Waals surface area contributed by atoms with Crippen LogP contribution in [0, 0.1) is 5.92 Å². The molecule has 6 nitrogen and oxygen atoms in total. The molecular formula is C27H26ClN3O3S. The molecule has 1 amide bonds. The van der Waals surface area contributed by atoms with E-state index in [0.717, 1.165) is 28.5 Å². The van der Waals surface area contributed by atoms with E-state index < -0.39 is 12.0 Å². The van der Waals surface area contributed by atoms with Gasteiger partial charge >= 0.3 is 5.97 Å². The number of thioether (sulfide) groups is 1. The molecule has 2 aromatic rings. The lowest BCUT2D eigenvalue weighted by atomic mass is 9.94. The van der Waals surface area contributed by atoms with Crippen LogP contribution in [0.2, 0.25) is 5.02 Å². The standard InChI is InChI=1S/C27H26ClN3O3S/c1-17-24(26(33)34-15-19-5-3-2-4-6-19)25(20-9-11-21(28)12-10-20)31-22(16-35-27(31)30-17)13-23(32)29-14-18-7-8-18/h2-6,9-12,16,18,25H,7-8,13-15H2,1H3,(H,29,32). The molecule has 3 aliphatic rings. The van der Waals surface area contributed by atoms with Crippen LogP contribution in [0.25, 0.3) is 0 Å². The predicted octanol–water partition coefficient (Wildman–Crippen LogP) is 5.57. The van der Waals surface area contributed by atoms with Gasteiger partial charge < -0.3 is 15.0 Å². The summed E-state index contributed by atoms with van der Waals surface area (Å²) in [6.07, 6.45) is 2.58. The zero-order valence-corrected chi connectivity index (χ0v) is 20.9. The van der Waals surface area contributed by atoms with E-state index in [1.165, 1.54) is 24.6 Å². The van der Waals surface area contributed by atoms with E-state index in [1.807, 2.05) is 59.7 Å². The number of amidine groups is 1. The second-order valence-electron chi connectivity index (χ2n) is 8.93. The van der Waals surface area contributed by atoms with Gasteiger partial charge in [0, 0.05) is 17.3 Å². The number of aliphatic imine (C=N–C) groups is 1. The smallest absolute Gasteiger partial charge is 0.338 e. The zero-order valence-electron chi connectivity index (χ0n) is 19.4. The van der Waals surface area contributed by atoms with Crippen molar-refractivity contribution in [3.63, 3.8) is 0 Å². The quantitative estimate of drug-likeness (QED) is 0.473. The van der Waals surface area contributed by atoms with Gasteiger partial charge in [-0.05, 0) is 54.4 Å². The van der Waals surface area contributed by atoms with E-state index in [2.05, 4.69) is 5.32 Å². The molecule has 5 rings (SSSR count). The molecule has 2 heterocycles. The fourth-order valence-corrected chi connectivity index (χ4v) is 5.29. The van der Waals surface area contributed by atoms with Crippen LogP contribution >= 0.6 is 23.4 Å². The highest BCUT2D eigenvalue weighted by Gasteiger charge is 2.41. The fourth-order valence-electron chi connectivity index (χ4n) is 4.20. The molecule has 1 N–H and O–H groups in total. The molecule has 1 atom stereocenters. The van der Waals surface area contributed by atoms with Crippen molar-refractivity contribution < 1.29 is 14.3 Å². The Hall–Kier alpha value is -3.03. The largest absolute Gasteiger partial charge is 0.457 e. The van der Waals surface area contributed by atoms with Crippen molar-refractivity contribution in [3.8, 4) is 0 Å². The van der Waals surface area contributed by atoms with Crippen LogP contribution in [-0.2, 0) is 20.9 Å². The van der Waals surface area contributed by atoms with E-state index >= 15 is 0 Å². The van der Waals surface area contributed by atoms with Crippen LogP contribution in [0.5, 0.6) is 0 Å². The normalized spacial score (nSPS) is 19.1. The highest BCUT2D eigenvalue weighted by molar-refractivity contribution is 8.16. The molecule has 0 aromatic heterocycles. The van der Waals surface area contributed by atoms with Crippen LogP contribution in [0.15, 0.2) is 82.0 Å². The maximum Gasteiger partial charge on any atom is 0.338 e. The summed E-state index contributed by atoms with van der Waals surface area (Å²) in [6.45, 7) is 2.71. The minimum Gasteiger partial charge on any atom is -0.457 e. The van der Waals surface area contributed by atoms with Crippen molar-refractivity contribution in [2.45, 2.75) is 38.8 Å². The summed E-state index contributed by atoms with van der Waals surface area (Å²) < 4.78 is 5.73. The molecule has 1 fully saturated rings. The highest BCUT2D eigenvalue weighted by Crippen LogP contribution is 2.45. The molecule has 0 bridgehead atoms. The van der Waals surface area contributed by atoms with Crippen LogP contribution in [0.4, 0.5) is 0 Å². The first kappa shape index (κ1) is 23.7. The Morgan fingerprint density at radius 3 is 2.60 bits per heavy atom. The Balaban J connectivity index is 1.42. The third kappa shape index (κ3) is 5.46. The first-order valence-corrected chi connectivity index (χ1v) is 12.9. The minimum atomic E-state index is -0.472.